The lowest BCUT2D eigenvalue weighted by Gasteiger charge is -2.01. The number of aromatic nitrogens is 3. The van der Waals surface area contributed by atoms with Crippen LogP contribution in [0.5, 0.6) is 0 Å². The van der Waals surface area contributed by atoms with E-state index in [1.807, 2.05) is 18.3 Å². The van der Waals surface area contributed by atoms with Crippen molar-refractivity contribution < 1.29 is 0 Å². The molecule has 0 saturated carbocycles. The maximum absolute atomic E-state index is 4.79. The number of hydrogen-bond donors (Lipinski definition) is 1. The van der Waals surface area contributed by atoms with Gasteiger partial charge in [0.15, 0.2) is 0 Å². The Bertz CT molecular complexity index is 1110. The van der Waals surface area contributed by atoms with Gasteiger partial charge in [0, 0.05) is 17.1 Å². The van der Waals surface area contributed by atoms with E-state index in [1.165, 1.54) is 10.8 Å². The molecule has 0 amide bonds. The van der Waals surface area contributed by atoms with Crippen LogP contribution in [0.3, 0.4) is 0 Å². The van der Waals surface area contributed by atoms with E-state index in [9.17, 15) is 0 Å². The van der Waals surface area contributed by atoms with Crippen LogP contribution in [0.4, 0.5) is 0 Å². The maximum atomic E-state index is 4.79. The molecule has 0 spiro atoms. The highest BCUT2D eigenvalue weighted by atomic mass is 14.9. The number of fused-ring (bicyclic) bond motifs is 3. The van der Waals surface area contributed by atoms with E-state index < -0.39 is 0 Å². The second-order valence-corrected chi connectivity index (χ2v) is 5.68. The summed E-state index contributed by atoms with van der Waals surface area (Å²) in [7, 11) is 0. The fourth-order valence-corrected chi connectivity index (χ4v) is 3.12. The zero-order valence-corrected chi connectivity index (χ0v) is 12.3. The summed E-state index contributed by atoms with van der Waals surface area (Å²) >= 11 is 0. The molecule has 2 aromatic heterocycles. The van der Waals surface area contributed by atoms with Gasteiger partial charge in [-0.3, -0.25) is 4.98 Å². The number of aromatic amines is 1. The first kappa shape index (κ1) is 12.4. The van der Waals surface area contributed by atoms with Crippen LogP contribution in [-0.2, 0) is 0 Å². The lowest BCUT2D eigenvalue weighted by molar-refractivity contribution is 1.32. The Morgan fingerprint density at radius 3 is 2.43 bits per heavy atom. The predicted molar refractivity (Wildman–Crippen MR) is 94.3 cm³/mol. The molecule has 0 unspecified atom stereocenters. The fourth-order valence-electron chi connectivity index (χ4n) is 3.12. The second kappa shape index (κ2) is 4.65. The van der Waals surface area contributed by atoms with Gasteiger partial charge in [-0.1, -0.05) is 42.5 Å². The highest BCUT2D eigenvalue weighted by molar-refractivity contribution is 5.98. The Hall–Kier alpha value is -3.20. The zero-order valence-electron chi connectivity index (χ0n) is 12.3. The Morgan fingerprint density at radius 2 is 1.52 bits per heavy atom. The normalized spacial score (nSPS) is 11.5. The van der Waals surface area contributed by atoms with Crippen LogP contribution < -0.4 is 0 Å². The molecule has 3 nitrogen and oxygen atoms in total. The van der Waals surface area contributed by atoms with Crippen molar-refractivity contribution in [3.63, 3.8) is 0 Å². The summed E-state index contributed by atoms with van der Waals surface area (Å²) in [4.78, 5) is 12.8. The summed E-state index contributed by atoms with van der Waals surface area (Å²) in [5.41, 5.74) is 4.03. The van der Waals surface area contributed by atoms with Gasteiger partial charge in [-0.05, 0) is 35.0 Å². The number of benzene rings is 3. The van der Waals surface area contributed by atoms with Crippen molar-refractivity contribution in [2.75, 3.05) is 0 Å². The molecule has 3 aromatic carbocycles. The molecule has 108 valence electrons. The smallest absolute Gasteiger partial charge is 0.140 e. The first-order chi connectivity index (χ1) is 11.4. The van der Waals surface area contributed by atoms with Gasteiger partial charge in [0.25, 0.3) is 0 Å². The first-order valence-electron chi connectivity index (χ1n) is 7.61. The van der Waals surface area contributed by atoms with Crippen LogP contribution >= 0.6 is 0 Å². The summed E-state index contributed by atoms with van der Waals surface area (Å²) in [6.07, 6.45) is 1.82. The molecule has 1 N–H and O–H groups in total. The van der Waals surface area contributed by atoms with Crippen LogP contribution in [-0.4, -0.2) is 15.0 Å². The molecule has 2 heterocycles. The van der Waals surface area contributed by atoms with E-state index in [0.29, 0.717) is 0 Å². The number of imidazole rings is 1. The lowest BCUT2D eigenvalue weighted by atomic mass is 10.1. The minimum atomic E-state index is 0.861. The molecule has 0 aliphatic carbocycles. The van der Waals surface area contributed by atoms with E-state index in [2.05, 4.69) is 64.6 Å². The van der Waals surface area contributed by atoms with Gasteiger partial charge < -0.3 is 4.98 Å². The summed E-state index contributed by atoms with van der Waals surface area (Å²) in [5, 5.41) is 3.54. The molecule has 5 aromatic rings. The Morgan fingerprint density at radius 1 is 0.739 bits per heavy atom. The molecule has 0 aliphatic heterocycles. The Balaban J connectivity index is 1.80. The van der Waals surface area contributed by atoms with Crippen LogP contribution in [0.25, 0.3) is 44.1 Å². The maximum Gasteiger partial charge on any atom is 0.140 e. The van der Waals surface area contributed by atoms with Crippen LogP contribution in [0.1, 0.15) is 0 Å². The molecular weight excluding hydrogens is 282 g/mol. The van der Waals surface area contributed by atoms with E-state index in [4.69, 9.17) is 4.98 Å². The van der Waals surface area contributed by atoms with Crippen molar-refractivity contribution in [3.8, 4) is 11.4 Å². The third-order valence-electron chi connectivity index (χ3n) is 4.24. The standard InChI is InChI=1S/C20H13N3/c1-2-6-15-12-18-17(11-14(15)5-1)22-20(23-18)16-9-3-7-13-8-4-10-21-19(13)16/h1-12H,(H,22,23). The highest BCUT2D eigenvalue weighted by Gasteiger charge is 2.10. The SMILES string of the molecule is c1ccc2cc3[nH]c(-c4cccc5cccnc45)nc3cc2c1. The number of nitrogens with zero attached hydrogens (tertiary/aromatic N) is 2. The van der Waals surface area contributed by atoms with Gasteiger partial charge in [0.2, 0.25) is 0 Å². The molecule has 3 heteroatoms. The van der Waals surface area contributed by atoms with E-state index in [0.717, 1.165) is 33.3 Å². The largest absolute Gasteiger partial charge is 0.338 e. The van der Waals surface area contributed by atoms with Gasteiger partial charge in [0.1, 0.15) is 5.82 Å². The van der Waals surface area contributed by atoms with Crippen molar-refractivity contribution in [2.45, 2.75) is 0 Å². The molecule has 0 fully saturated rings. The number of hydrogen-bond acceptors (Lipinski definition) is 2. The van der Waals surface area contributed by atoms with Crippen molar-refractivity contribution in [1.82, 2.24) is 15.0 Å². The molecular formula is C20H13N3. The van der Waals surface area contributed by atoms with Crippen molar-refractivity contribution in [3.05, 3.63) is 72.9 Å². The number of pyridine rings is 1. The topological polar surface area (TPSA) is 41.6 Å². The minimum Gasteiger partial charge on any atom is -0.338 e. The molecule has 0 saturated heterocycles. The molecule has 5 rings (SSSR count). The number of H-pyrrole nitrogens is 1. The van der Waals surface area contributed by atoms with E-state index >= 15 is 0 Å². The van der Waals surface area contributed by atoms with E-state index in [1.54, 1.807) is 0 Å². The zero-order chi connectivity index (χ0) is 15.2. The lowest BCUT2D eigenvalue weighted by Crippen LogP contribution is -1.85. The van der Waals surface area contributed by atoms with Crippen LogP contribution in [0, 0.1) is 0 Å². The molecule has 0 bridgehead atoms. The average molecular weight is 295 g/mol. The van der Waals surface area contributed by atoms with Crippen molar-refractivity contribution in [1.29, 1.82) is 0 Å². The van der Waals surface area contributed by atoms with Gasteiger partial charge in [-0.15, -0.1) is 0 Å². The summed E-state index contributed by atoms with van der Waals surface area (Å²) in [5.74, 6) is 0.861. The second-order valence-electron chi connectivity index (χ2n) is 5.68. The van der Waals surface area contributed by atoms with Gasteiger partial charge in [0.05, 0.1) is 16.6 Å². The molecule has 23 heavy (non-hydrogen) atoms. The molecule has 0 radical (unpaired) electrons. The van der Waals surface area contributed by atoms with Gasteiger partial charge >= 0.3 is 0 Å². The quantitative estimate of drug-likeness (QED) is 0.476. The summed E-state index contributed by atoms with van der Waals surface area (Å²) in [6, 6.07) is 22.8. The van der Waals surface area contributed by atoms with Gasteiger partial charge in [-0.25, -0.2) is 4.98 Å². The number of rotatable bonds is 1. The first-order valence-corrected chi connectivity index (χ1v) is 7.61. The van der Waals surface area contributed by atoms with Crippen molar-refractivity contribution in [2.24, 2.45) is 0 Å². The third kappa shape index (κ3) is 1.90. The number of para-hydroxylation sites is 1. The number of nitrogens with one attached hydrogen (secondary N) is 1. The Labute approximate surface area is 132 Å². The Kier molecular flexibility index (Phi) is 2.50. The van der Waals surface area contributed by atoms with Crippen LogP contribution in [0.15, 0.2) is 72.9 Å². The predicted octanol–water partition coefficient (Wildman–Crippen LogP) is 4.93. The highest BCUT2D eigenvalue weighted by Crippen LogP contribution is 2.28. The fraction of sp³-hybridized carbons (Fsp3) is 0. The molecule has 0 atom stereocenters. The van der Waals surface area contributed by atoms with Gasteiger partial charge in [-0.2, -0.15) is 0 Å². The average Bonchev–Trinajstić information content (AvgIpc) is 3.01. The summed E-state index contributed by atoms with van der Waals surface area (Å²) in [6.45, 7) is 0. The molecule has 0 aliphatic rings. The third-order valence-corrected chi connectivity index (χ3v) is 4.24. The monoisotopic (exact) mass is 295 g/mol. The van der Waals surface area contributed by atoms with Crippen LogP contribution in [0.2, 0.25) is 0 Å². The van der Waals surface area contributed by atoms with Crippen molar-refractivity contribution >= 4 is 32.7 Å². The summed E-state index contributed by atoms with van der Waals surface area (Å²) < 4.78 is 0. The van der Waals surface area contributed by atoms with E-state index in [-0.39, 0.29) is 0 Å². The minimum absolute atomic E-state index is 0.861.